The molecule has 0 fully saturated rings. The Morgan fingerprint density at radius 1 is 0.345 bits per heavy atom. The average Bonchev–Trinajstić information content (AvgIpc) is 3.74. The van der Waals surface area contributed by atoms with Crippen LogP contribution in [0, 0.1) is 0 Å². The number of nitrogens with zero attached hydrogens (tertiary/aromatic N) is 3. The van der Waals surface area contributed by atoms with E-state index in [2.05, 4.69) is 218 Å². The van der Waals surface area contributed by atoms with Crippen molar-refractivity contribution in [3.63, 3.8) is 0 Å². The van der Waals surface area contributed by atoms with Crippen LogP contribution in [-0.4, -0.2) is 22.6 Å². The van der Waals surface area contributed by atoms with Gasteiger partial charge in [-0.05, 0) is 97.3 Å². The van der Waals surface area contributed by atoms with Crippen LogP contribution in [0.15, 0.2) is 200 Å². The van der Waals surface area contributed by atoms with E-state index < -0.39 is 8.07 Å². The fraction of sp³-hybridized carbons (Fsp3) is 0.0370. The lowest BCUT2D eigenvalue weighted by Crippen LogP contribution is -2.49. The summed E-state index contributed by atoms with van der Waals surface area (Å²) in [7, 11) is -1.74. The van der Waals surface area contributed by atoms with Crippen LogP contribution in [0.1, 0.15) is 0 Å². The van der Waals surface area contributed by atoms with Gasteiger partial charge in [0.05, 0.1) is 22.4 Å². The van der Waals surface area contributed by atoms with Crippen molar-refractivity contribution in [1.29, 1.82) is 0 Å². The fourth-order valence-corrected chi connectivity index (χ4v) is 12.1. The summed E-state index contributed by atoms with van der Waals surface area (Å²) in [6, 6.07) is 72.2. The van der Waals surface area contributed by atoms with Crippen molar-refractivity contribution in [3.8, 4) is 73.0 Å². The van der Waals surface area contributed by atoms with Gasteiger partial charge >= 0.3 is 0 Å². The van der Waals surface area contributed by atoms with Crippen LogP contribution in [0.5, 0.6) is 0 Å². The maximum Gasteiger partial charge on any atom is 0.235 e. The quantitative estimate of drug-likeness (QED) is 0.158. The summed E-state index contributed by atoms with van der Waals surface area (Å²) in [6.45, 7) is 4.95. The summed E-state index contributed by atoms with van der Waals surface area (Å²) in [6.07, 6.45) is 0. The monoisotopic (exact) mass is 757 g/mol. The van der Waals surface area contributed by atoms with Crippen molar-refractivity contribution in [1.82, 2.24) is 14.5 Å². The Kier molecular flexibility index (Phi) is 7.95. The molecule has 0 atom stereocenters. The van der Waals surface area contributed by atoms with Crippen molar-refractivity contribution in [2.75, 3.05) is 0 Å². The van der Waals surface area contributed by atoms with E-state index in [0.29, 0.717) is 5.95 Å². The second kappa shape index (κ2) is 13.5. The van der Waals surface area contributed by atoms with Gasteiger partial charge in [0.2, 0.25) is 5.95 Å². The zero-order chi connectivity index (χ0) is 38.8. The lowest BCUT2D eigenvalue weighted by molar-refractivity contribution is 0.996. The molecule has 2 aromatic heterocycles. The van der Waals surface area contributed by atoms with E-state index in [1.54, 1.807) is 0 Å². The van der Waals surface area contributed by atoms with Crippen LogP contribution in [0.3, 0.4) is 0 Å². The van der Waals surface area contributed by atoms with Crippen LogP contribution < -0.4 is 10.4 Å². The molecule has 58 heavy (non-hydrogen) atoms. The lowest BCUT2D eigenvalue weighted by Gasteiger charge is -2.18. The number of aromatic nitrogens is 3. The van der Waals surface area contributed by atoms with E-state index in [9.17, 15) is 0 Å². The summed E-state index contributed by atoms with van der Waals surface area (Å²) >= 11 is 0. The minimum atomic E-state index is -1.74. The molecular formula is C54H39N3Si. The van der Waals surface area contributed by atoms with Gasteiger partial charge in [0.1, 0.15) is 8.07 Å². The summed E-state index contributed by atoms with van der Waals surface area (Å²) in [5.74, 6) is 0.642. The Labute approximate surface area is 339 Å². The van der Waals surface area contributed by atoms with Crippen LogP contribution in [0.25, 0.3) is 94.8 Å². The van der Waals surface area contributed by atoms with Crippen LogP contribution >= 0.6 is 0 Å². The third-order valence-electron chi connectivity index (χ3n) is 12.0. The molecule has 3 nitrogen and oxygen atoms in total. The Hall–Kier alpha value is -7.14. The highest BCUT2D eigenvalue weighted by Crippen LogP contribution is 2.38. The van der Waals surface area contributed by atoms with Crippen LogP contribution in [0.2, 0.25) is 13.1 Å². The van der Waals surface area contributed by atoms with Crippen molar-refractivity contribution < 1.29 is 0 Å². The molecule has 1 aliphatic heterocycles. The third kappa shape index (κ3) is 5.64. The van der Waals surface area contributed by atoms with Gasteiger partial charge in [-0.15, -0.1) is 0 Å². The van der Waals surface area contributed by atoms with Crippen LogP contribution in [0.4, 0.5) is 0 Å². The van der Waals surface area contributed by atoms with Gasteiger partial charge in [0.25, 0.3) is 0 Å². The molecule has 0 saturated heterocycles. The predicted molar refractivity (Wildman–Crippen MR) is 246 cm³/mol. The van der Waals surface area contributed by atoms with Crippen molar-refractivity contribution in [2.24, 2.45) is 0 Å². The molecule has 8 aromatic carbocycles. The minimum absolute atomic E-state index is 0.642. The standard InChI is InChI=1S/C54H39N3Si/c1-58(2)52-26-12-10-24-45(52)47-34-41(28-30-53(47)58)40-27-29-51-46(33-40)44-23-9-11-25-50(44)57(51)54-55-48(42-21-13-19-38(31-42)36-15-5-3-6-16-36)35-49(56-54)43-22-14-20-39(32-43)37-17-7-4-8-18-37/h3-35H,1-2H3. The Bertz CT molecular complexity index is 3100. The van der Waals surface area contributed by atoms with Crippen LogP contribution in [-0.2, 0) is 0 Å². The second-order valence-electron chi connectivity index (χ2n) is 15.8. The van der Waals surface area contributed by atoms with Crippen molar-refractivity contribution in [3.05, 3.63) is 200 Å². The molecule has 274 valence electrons. The highest BCUT2D eigenvalue weighted by molar-refractivity contribution is 7.03. The second-order valence-corrected chi connectivity index (χ2v) is 20.2. The largest absolute Gasteiger partial charge is 0.278 e. The van der Waals surface area contributed by atoms with Gasteiger partial charge in [-0.3, -0.25) is 4.57 Å². The van der Waals surface area contributed by atoms with E-state index in [0.717, 1.165) is 44.7 Å². The molecule has 1 aliphatic rings. The smallest absolute Gasteiger partial charge is 0.235 e. The third-order valence-corrected chi connectivity index (χ3v) is 15.6. The maximum atomic E-state index is 5.40. The summed E-state index contributed by atoms with van der Waals surface area (Å²) < 4.78 is 2.25. The normalized spacial score (nSPS) is 12.8. The first kappa shape index (κ1) is 34.1. The summed E-state index contributed by atoms with van der Waals surface area (Å²) in [5, 5.41) is 5.40. The summed E-state index contributed by atoms with van der Waals surface area (Å²) in [5.41, 5.74) is 15.8. The molecule has 4 heteroatoms. The van der Waals surface area contributed by atoms with Crippen molar-refractivity contribution in [2.45, 2.75) is 13.1 Å². The Morgan fingerprint density at radius 2 is 0.845 bits per heavy atom. The number of hydrogen-bond acceptors (Lipinski definition) is 2. The molecule has 0 saturated carbocycles. The van der Waals surface area contributed by atoms with E-state index >= 15 is 0 Å². The molecule has 10 aromatic rings. The van der Waals surface area contributed by atoms with Gasteiger partial charge in [0, 0.05) is 21.9 Å². The maximum absolute atomic E-state index is 5.40. The molecular weight excluding hydrogens is 719 g/mol. The molecule has 11 rings (SSSR count). The molecule has 0 N–H and O–H groups in total. The lowest BCUT2D eigenvalue weighted by atomic mass is 9.98. The first-order valence-electron chi connectivity index (χ1n) is 20.0. The molecule has 0 bridgehead atoms. The Balaban J connectivity index is 1.10. The number of benzene rings is 8. The molecule has 3 heterocycles. The number of para-hydroxylation sites is 1. The highest BCUT2D eigenvalue weighted by atomic mass is 28.3. The molecule has 0 amide bonds. The predicted octanol–water partition coefficient (Wildman–Crippen LogP) is 12.7. The molecule has 0 radical (unpaired) electrons. The van der Waals surface area contributed by atoms with E-state index in [4.69, 9.17) is 9.97 Å². The summed E-state index contributed by atoms with van der Waals surface area (Å²) in [4.78, 5) is 10.8. The fourth-order valence-electron chi connectivity index (χ4n) is 9.08. The first-order chi connectivity index (χ1) is 28.5. The molecule has 0 unspecified atom stereocenters. The van der Waals surface area contributed by atoms with Gasteiger partial charge < -0.3 is 0 Å². The zero-order valence-electron chi connectivity index (χ0n) is 32.4. The Morgan fingerprint density at radius 3 is 1.53 bits per heavy atom. The van der Waals surface area contributed by atoms with Crippen molar-refractivity contribution >= 4 is 40.3 Å². The van der Waals surface area contributed by atoms with Gasteiger partial charge in [0.15, 0.2) is 0 Å². The molecule has 0 spiro atoms. The number of fused-ring (bicyclic) bond motifs is 6. The van der Waals surface area contributed by atoms with Gasteiger partial charge in [-0.2, -0.15) is 0 Å². The first-order valence-corrected chi connectivity index (χ1v) is 23.0. The van der Waals surface area contributed by atoms with Gasteiger partial charge in [-0.1, -0.05) is 171 Å². The zero-order valence-corrected chi connectivity index (χ0v) is 33.4. The van der Waals surface area contributed by atoms with E-state index in [1.807, 2.05) is 0 Å². The number of hydrogen-bond donors (Lipinski definition) is 0. The van der Waals surface area contributed by atoms with Gasteiger partial charge in [-0.25, -0.2) is 9.97 Å². The van der Waals surface area contributed by atoms with E-state index in [1.165, 1.54) is 54.5 Å². The minimum Gasteiger partial charge on any atom is -0.278 e. The average molecular weight is 758 g/mol. The number of rotatable bonds is 6. The topological polar surface area (TPSA) is 30.7 Å². The van der Waals surface area contributed by atoms with E-state index in [-0.39, 0.29) is 0 Å². The molecule has 0 aliphatic carbocycles. The SMILES string of the molecule is C[Si]1(C)c2ccccc2-c2cc(-c3ccc4c(c3)c3ccccc3n4-c3nc(-c4cccc(-c5ccccc5)c4)cc(-c4cccc(-c5ccccc5)c4)n3)ccc21. The highest BCUT2D eigenvalue weighted by Gasteiger charge is 2.37.